The number of rotatable bonds is 5. The van der Waals surface area contributed by atoms with Gasteiger partial charge in [0.15, 0.2) is 0 Å². The first-order chi connectivity index (χ1) is 9.48. The predicted octanol–water partition coefficient (Wildman–Crippen LogP) is 0.837. The summed E-state index contributed by atoms with van der Waals surface area (Å²) in [5.41, 5.74) is 0. The number of hydrogen-bond acceptors (Lipinski definition) is 4. The maximum atomic E-state index is 12.6. The Morgan fingerprint density at radius 3 is 2.80 bits per heavy atom. The van der Waals surface area contributed by atoms with Gasteiger partial charge in [0.25, 0.3) is 0 Å². The highest BCUT2D eigenvalue weighted by Crippen LogP contribution is 2.19. The summed E-state index contributed by atoms with van der Waals surface area (Å²) in [6, 6.07) is 0.237. The largest absolute Gasteiger partial charge is 0.298 e. The van der Waals surface area contributed by atoms with Gasteiger partial charge >= 0.3 is 0 Å². The Balaban J connectivity index is 2.14. The number of piperazine rings is 1. The molecular weight excluding hydrogens is 300 g/mol. The fourth-order valence-corrected chi connectivity index (χ4v) is 4.13. The van der Waals surface area contributed by atoms with Crippen LogP contribution >= 0.6 is 11.6 Å². The Kier molecular flexibility index (Phi) is 5.06. The second-order valence-electron chi connectivity index (χ2n) is 4.97. The molecule has 6 nitrogen and oxygen atoms in total. The van der Waals surface area contributed by atoms with Crippen molar-refractivity contribution >= 4 is 21.6 Å². The topological polar surface area (TPSA) is 58.4 Å². The third kappa shape index (κ3) is 3.16. The molecule has 1 unspecified atom stereocenters. The first-order valence-electron chi connectivity index (χ1n) is 6.81. The molecule has 1 aromatic rings. The summed E-state index contributed by atoms with van der Waals surface area (Å²) >= 11 is 5.63. The van der Waals surface area contributed by atoms with Gasteiger partial charge in [-0.25, -0.2) is 8.42 Å². The van der Waals surface area contributed by atoms with Crippen molar-refractivity contribution in [2.45, 2.75) is 31.3 Å². The van der Waals surface area contributed by atoms with Gasteiger partial charge in [-0.2, -0.15) is 9.40 Å². The molecule has 0 amide bonds. The predicted molar refractivity (Wildman–Crippen MR) is 78.4 cm³/mol. The summed E-state index contributed by atoms with van der Waals surface area (Å²) in [7, 11) is -3.44. The molecule has 2 rings (SSSR count). The van der Waals surface area contributed by atoms with Crippen LogP contribution in [0.4, 0.5) is 0 Å². The van der Waals surface area contributed by atoms with E-state index in [0.29, 0.717) is 25.5 Å². The van der Waals surface area contributed by atoms with Gasteiger partial charge < -0.3 is 0 Å². The lowest BCUT2D eigenvalue weighted by Crippen LogP contribution is -2.53. The van der Waals surface area contributed by atoms with Crippen molar-refractivity contribution < 1.29 is 8.42 Å². The number of sulfonamides is 1. The fourth-order valence-electron chi connectivity index (χ4n) is 2.49. The van der Waals surface area contributed by atoms with Crippen LogP contribution in [0.25, 0.3) is 0 Å². The van der Waals surface area contributed by atoms with Crippen LogP contribution in [-0.4, -0.2) is 65.5 Å². The summed E-state index contributed by atoms with van der Waals surface area (Å²) in [6.07, 6.45) is 2.95. The van der Waals surface area contributed by atoms with E-state index in [1.807, 2.05) is 0 Å². The van der Waals surface area contributed by atoms with E-state index < -0.39 is 10.0 Å². The zero-order valence-electron chi connectivity index (χ0n) is 11.9. The van der Waals surface area contributed by atoms with Crippen molar-refractivity contribution in [3.63, 3.8) is 0 Å². The molecule has 114 valence electrons. The maximum Gasteiger partial charge on any atom is 0.246 e. The number of nitrogens with zero attached hydrogens (tertiary/aromatic N) is 4. The van der Waals surface area contributed by atoms with Gasteiger partial charge in [0.2, 0.25) is 10.0 Å². The van der Waals surface area contributed by atoms with Crippen LogP contribution < -0.4 is 0 Å². The van der Waals surface area contributed by atoms with Crippen LogP contribution in [0, 0.1) is 0 Å². The molecule has 0 radical (unpaired) electrons. The third-order valence-electron chi connectivity index (χ3n) is 3.69. The molecule has 0 saturated carbocycles. The quantitative estimate of drug-likeness (QED) is 0.754. The minimum Gasteiger partial charge on any atom is -0.298 e. The van der Waals surface area contributed by atoms with Crippen LogP contribution in [0.3, 0.4) is 0 Å². The number of alkyl halides is 1. The van der Waals surface area contributed by atoms with E-state index in [9.17, 15) is 8.42 Å². The van der Waals surface area contributed by atoms with Crippen molar-refractivity contribution in [1.82, 2.24) is 19.0 Å². The summed E-state index contributed by atoms with van der Waals surface area (Å²) in [5, 5.41) is 4.03. The standard InChI is InChI=1S/C12H21ClN4O2S/c1-3-15-6-7-17(9-11(15)2)20(18,19)12-8-14-16(10-12)5-4-13/h8,10-11H,3-7,9H2,1-2H3. The van der Waals surface area contributed by atoms with E-state index in [1.165, 1.54) is 6.20 Å². The zero-order chi connectivity index (χ0) is 14.8. The maximum absolute atomic E-state index is 12.6. The molecule has 1 fully saturated rings. The van der Waals surface area contributed by atoms with Crippen LogP contribution in [-0.2, 0) is 16.6 Å². The van der Waals surface area contributed by atoms with Crippen molar-refractivity contribution in [3.05, 3.63) is 12.4 Å². The van der Waals surface area contributed by atoms with Gasteiger partial charge in [-0.3, -0.25) is 9.58 Å². The van der Waals surface area contributed by atoms with Gasteiger partial charge in [0, 0.05) is 37.8 Å². The number of aryl methyl sites for hydroxylation is 1. The second-order valence-corrected chi connectivity index (χ2v) is 7.28. The van der Waals surface area contributed by atoms with Gasteiger partial charge in [-0.05, 0) is 13.5 Å². The molecule has 1 atom stereocenters. The monoisotopic (exact) mass is 320 g/mol. The molecule has 1 saturated heterocycles. The summed E-state index contributed by atoms with van der Waals surface area (Å²) in [6.45, 7) is 7.43. The molecule has 0 aliphatic carbocycles. The minimum atomic E-state index is -3.44. The molecule has 0 aromatic carbocycles. The smallest absolute Gasteiger partial charge is 0.246 e. The van der Waals surface area contributed by atoms with E-state index in [2.05, 4.69) is 23.8 Å². The Bertz CT molecular complexity index is 545. The van der Waals surface area contributed by atoms with E-state index >= 15 is 0 Å². The van der Waals surface area contributed by atoms with E-state index in [4.69, 9.17) is 11.6 Å². The number of halogens is 1. The number of likely N-dealkylation sites (N-methyl/N-ethyl adjacent to an activating group) is 1. The molecule has 2 heterocycles. The highest BCUT2D eigenvalue weighted by Gasteiger charge is 2.32. The minimum absolute atomic E-state index is 0.237. The van der Waals surface area contributed by atoms with Crippen molar-refractivity contribution in [2.75, 3.05) is 32.1 Å². The van der Waals surface area contributed by atoms with Gasteiger partial charge in [0.1, 0.15) is 4.90 Å². The summed E-state index contributed by atoms with van der Waals surface area (Å²) < 4.78 is 28.2. The van der Waals surface area contributed by atoms with Crippen LogP contribution in [0.1, 0.15) is 13.8 Å². The van der Waals surface area contributed by atoms with E-state index in [1.54, 1.807) is 15.2 Å². The first-order valence-corrected chi connectivity index (χ1v) is 8.79. The lowest BCUT2D eigenvalue weighted by atomic mass is 10.2. The molecule has 0 spiro atoms. The molecule has 1 aromatic heterocycles. The lowest BCUT2D eigenvalue weighted by Gasteiger charge is -2.38. The average Bonchev–Trinajstić information content (AvgIpc) is 2.88. The molecule has 0 N–H and O–H groups in total. The van der Waals surface area contributed by atoms with Crippen molar-refractivity contribution in [2.24, 2.45) is 0 Å². The van der Waals surface area contributed by atoms with E-state index in [-0.39, 0.29) is 10.9 Å². The summed E-state index contributed by atoms with van der Waals surface area (Å²) in [4.78, 5) is 2.53. The zero-order valence-corrected chi connectivity index (χ0v) is 13.4. The van der Waals surface area contributed by atoms with Gasteiger partial charge in [0.05, 0.1) is 12.7 Å². The Hall–Kier alpha value is -0.630. The van der Waals surface area contributed by atoms with Gasteiger partial charge in [-0.1, -0.05) is 6.92 Å². The molecule has 1 aliphatic rings. The summed E-state index contributed by atoms with van der Waals surface area (Å²) in [5.74, 6) is 0.410. The molecule has 0 bridgehead atoms. The number of aromatic nitrogens is 2. The fraction of sp³-hybridized carbons (Fsp3) is 0.750. The van der Waals surface area contributed by atoms with Crippen molar-refractivity contribution in [1.29, 1.82) is 0 Å². The first kappa shape index (κ1) is 15.8. The second kappa shape index (κ2) is 6.43. The van der Waals surface area contributed by atoms with Crippen molar-refractivity contribution in [3.8, 4) is 0 Å². The van der Waals surface area contributed by atoms with Crippen LogP contribution in [0.2, 0.25) is 0 Å². The third-order valence-corrected chi connectivity index (χ3v) is 5.68. The van der Waals surface area contributed by atoms with E-state index in [0.717, 1.165) is 13.1 Å². The highest BCUT2D eigenvalue weighted by molar-refractivity contribution is 7.89. The molecule has 8 heteroatoms. The Morgan fingerprint density at radius 1 is 1.45 bits per heavy atom. The average molecular weight is 321 g/mol. The Labute approximate surface area is 125 Å². The van der Waals surface area contributed by atoms with Gasteiger partial charge in [-0.15, -0.1) is 11.6 Å². The number of hydrogen-bond donors (Lipinski definition) is 0. The molecule has 20 heavy (non-hydrogen) atoms. The Morgan fingerprint density at radius 2 is 2.20 bits per heavy atom. The molecular formula is C12H21ClN4O2S. The SMILES string of the molecule is CCN1CCN(S(=O)(=O)c2cnn(CCCl)c2)CC1C. The lowest BCUT2D eigenvalue weighted by molar-refractivity contribution is 0.135. The normalized spacial score (nSPS) is 22.2. The molecule has 1 aliphatic heterocycles. The van der Waals surface area contributed by atoms with Crippen LogP contribution in [0.5, 0.6) is 0 Å². The van der Waals surface area contributed by atoms with Crippen LogP contribution in [0.15, 0.2) is 17.3 Å². The highest BCUT2D eigenvalue weighted by atomic mass is 35.5.